The van der Waals surface area contributed by atoms with E-state index in [9.17, 15) is 27.9 Å². The average Bonchev–Trinajstić information content (AvgIpc) is 3.64. The Morgan fingerprint density at radius 1 is 1.02 bits per heavy atom. The standard InChI is InChI=1S/C30H32F3N3O3S/c31-30(32,33)23-5-3-4-22(17-23)25(37)7-8-27(38)36-15-11-21(19-36)16-20-9-12-29(39,13-10-20)28-35-18-26(40-28)24-6-1-2-14-34-24/h1-6,14,17-18,20-21,39H,7-13,15-16,19H2/t20?,21-,29?/m1/s1. The summed E-state index contributed by atoms with van der Waals surface area (Å²) >= 11 is 1.49. The van der Waals surface area contributed by atoms with Crippen LogP contribution in [-0.4, -0.2) is 44.8 Å². The first-order valence-electron chi connectivity index (χ1n) is 13.7. The molecule has 0 bridgehead atoms. The van der Waals surface area contributed by atoms with Gasteiger partial charge in [0, 0.05) is 43.9 Å². The van der Waals surface area contributed by atoms with Crippen LogP contribution in [0.15, 0.2) is 54.9 Å². The highest BCUT2D eigenvalue weighted by atomic mass is 32.1. The highest BCUT2D eigenvalue weighted by molar-refractivity contribution is 7.15. The molecule has 2 aliphatic rings. The molecule has 0 radical (unpaired) electrons. The number of rotatable bonds is 8. The van der Waals surface area contributed by atoms with Gasteiger partial charge in [0.2, 0.25) is 5.91 Å². The van der Waals surface area contributed by atoms with Crippen molar-refractivity contribution < 1.29 is 27.9 Å². The summed E-state index contributed by atoms with van der Waals surface area (Å²) in [5, 5.41) is 12.1. The first kappa shape index (κ1) is 28.4. The van der Waals surface area contributed by atoms with Crippen LogP contribution in [0.3, 0.4) is 0 Å². The number of nitrogens with zero attached hydrogens (tertiary/aromatic N) is 3. The van der Waals surface area contributed by atoms with E-state index in [1.807, 2.05) is 18.2 Å². The summed E-state index contributed by atoms with van der Waals surface area (Å²) in [5.41, 5.74) is -0.958. The van der Waals surface area contributed by atoms with Crippen molar-refractivity contribution in [3.05, 3.63) is 71.0 Å². The molecule has 212 valence electrons. The number of amides is 1. The summed E-state index contributed by atoms with van der Waals surface area (Å²) < 4.78 is 38.8. The van der Waals surface area contributed by atoms with Gasteiger partial charge in [-0.15, -0.1) is 11.3 Å². The second-order valence-corrected chi connectivity index (χ2v) is 12.0. The van der Waals surface area contributed by atoms with Gasteiger partial charge >= 0.3 is 6.18 Å². The Balaban J connectivity index is 1.07. The van der Waals surface area contributed by atoms with E-state index in [0.717, 1.165) is 53.4 Å². The predicted molar refractivity (Wildman–Crippen MR) is 146 cm³/mol. The number of benzene rings is 1. The van der Waals surface area contributed by atoms with Crippen LogP contribution in [0, 0.1) is 11.8 Å². The van der Waals surface area contributed by atoms with Crippen LogP contribution in [-0.2, 0) is 16.6 Å². The Morgan fingerprint density at radius 2 is 1.82 bits per heavy atom. The molecular formula is C30H32F3N3O3S. The molecule has 0 spiro atoms. The van der Waals surface area contributed by atoms with Gasteiger partial charge in [0.15, 0.2) is 5.78 Å². The quantitative estimate of drug-likeness (QED) is 0.312. The zero-order valence-corrected chi connectivity index (χ0v) is 22.9. The van der Waals surface area contributed by atoms with Gasteiger partial charge in [-0.05, 0) is 74.6 Å². The van der Waals surface area contributed by atoms with Gasteiger partial charge in [-0.2, -0.15) is 13.2 Å². The Hall–Kier alpha value is -3.11. The topological polar surface area (TPSA) is 83.4 Å². The number of aromatic nitrogens is 2. The minimum absolute atomic E-state index is 0.00738. The maximum atomic E-state index is 12.9. The van der Waals surface area contributed by atoms with Gasteiger partial charge in [0.05, 0.1) is 16.1 Å². The molecule has 2 fully saturated rings. The molecule has 40 heavy (non-hydrogen) atoms. The molecule has 1 amide bonds. The number of hydrogen-bond acceptors (Lipinski definition) is 6. The molecular weight excluding hydrogens is 539 g/mol. The summed E-state index contributed by atoms with van der Waals surface area (Å²) in [6, 6.07) is 10.1. The normalized spacial score (nSPS) is 23.4. The fraction of sp³-hybridized carbons (Fsp3) is 0.467. The van der Waals surface area contributed by atoms with Crippen LogP contribution in [0.2, 0.25) is 0 Å². The molecule has 0 unspecified atom stereocenters. The van der Waals surface area contributed by atoms with Gasteiger partial charge in [-0.1, -0.05) is 18.2 Å². The Labute approximate surface area is 235 Å². The van der Waals surface area contributed by atoms with Crippen molar-refractivity contribution in [1.29, 1.82) is 0 Å². The highest BCUT2D eigenvalue weighted by Gasteiger charge is 2.39. The van der Waals surface area contributed by atoms with E-state index in [1.54, 1.807) is 17.3 Å². The lowest BCUT2D eigenvalue weighted by Crippen LogP contribution is -2.32. The Morgan fingerprint density at radius 3 is 2.55 bits per heavy atom. The molecule has 1 saturated carbocycles. The number of halogens is 3. The number of alkyl halides is 3. The fourth-order valence-electron chi connectivity index (χ4n) is 5.84. The molecule has 3 heterocycles. The third-order valence-electron chi connectivity index (χ3n) is 8.14. The van der Waals surface area contributed by atoms with Gasteiger partial charge in [-0.25, -0.2) is 4.98 Å². The van der Waals surface area contributed by atoms with Gasteiger partial charge < -0.3 is 10.0 Å². The molecule has 10 heteroatoms. The van der Waals surface area contributed by atoms with Gasteiger partial charge in [0.1, 0.15) is 10.6 Å². The SMILES string of the molecule is O=C(CCC(=O)N1CC[C@H](CC2CCC(O)(c3ncc(-c4ccccn4)s3)CC2)C1)c1cccc(C(F)(F)F)c1. The number of Topliss-reactive ketones (excluding diaryl/α,β-unsaturated/α-hetero) is 1. The number of likely N-dealkylation sites (tertiary alicyclic amines) is 1. The van der Waals surface area contributed by atoms with Gasteiger partial charge in [-0.3, -0.25) is 14.6 Å². The predicted octanol–water partition coefficient (Wildman–Crippen LogP) is 6.50. The molecule has 1 N–H and O–H groups in total. The summed E-state index contributed by atoms with van der Waals surface area (Å²) in [6.45, 7) is 1.27. The monoisotopic (exact) mass is 571 g/mol. The van der Waals surface area contributed by atoms with Crippen LogP contribution >= 0.6 is 11.3 Å². The lowest BCUT2D eigenvalue weighted by Gasteiger charge is -2.35. The summed E-state index contributed by atoms with van der Waals surface area (Å²) in [7, 11) is 0. The maximum absolute atomic E-state index is 12.9. The molecule has 2 aromatic heterocycles. The Bertz CT molecular complexity index is 1340. The van der Waals surface area contributed by atoms with Crippen LogP contribution in [0.5, 0.6) is 0 Å². The molecule has 6 nitrogen and oxygen atoms in total. The fourth-order valence-corrected chi connectivity index (χ4v) is 6.87. The minimum Gasteiger partial charge on any atom is -0.383 e. The largest absolute Gasteiger partial charge is 0.416 e. The zero-order valence-electron chi connectivity index (χ0n) is 22.1. The molecule has 1 aliphatic heterocycles. The van der Waals surface area contributed by atoms with E-state index < -0.39 is 23.1 Å². The van der Waals surface area contributed by atoms with E-state index in [0.29, 0.717) is 37.8 Å². The van der Waals surface area contributed by atoms with E-state index >= 15 is 0 Å². The number of carbonyl (C=O) groups excluding carboxylic acids is 2. The second-order valence-electron chi connectivity index (χ2n) is 11.0. The van der Waals surface area contributed by atoms with Crippen molar-refractivity contribution >= 4 is 23.0 Å². The summed E-state index contributed by atoms with van der Waals surface area (Å²) in [4.78, 5) is 36.8. The van der Waals surface area contributed by atoms with Crippen molar-refractivity contribution in [3.8, 4) is 10.6 Å². The van der Waals surface area contributed by atoms with Crippen molar-refractivity contribution in [3.63, 3.8) is 0 Å². The first-order valence-corrected chi connectivity index (χ1v) is 14.5. The highest BCUT2D eigenvalue weighted by Crippen LogP contribution is 2.44. The lowest BCUT2D eigenvalue weighted by atomic mass is 9.75. The number of hydrogen-bond donors (Lipinski definition) is 1. The second kappa shape index (κ2) is 11.8. The number of carbonyl (C=O) groups is 2. The lowest BCUT2D eigenvalue weighted by molar-refractivity contribution is -0.137. The number of pyridine rings is 1. The van der Waals surface area contributed by atoms with E-state index in [-0.39, 0.29) is 24.3 Å². The van der Waals surface area contributed by atoms with Crippen LogP contribution in [0.25, 0.3) is 10.6 Å². The zero-order chi connectivity index (χ0) is 28.3. The molecule has 5 rings (SSSR count). The number of ketones is 1. The third-order valence-corrected chi connectivity index (χ3v) is 9.35. The molecule has 1 aromatic carbocycles. The summed E-state index contributed by atoms with van der Waals surface area (Å²) in [5.74, 6) is 0.249. The first-order chi connectivity index (χ1) is 19.1. The third kappa shape index (κ3) is 6.61. The number of aliphatic hydroxyl groups is 1. The van der Waals surface area contributed by atoms with E-state index in [2.05, 4.69) is 9.97 Å². The molecule has 3 aromatic rings. The Kier molecular flexibility index (Phi) is 8.37. The van der Waals surface area contributed by atoms with Crippen LogP contribution in [0.1, 0.15) is 72.3 Å². The van der Waals surface area contributed by atoms with Crippen molar-refractivity contribution in [2.75, 3.05) is 13.1 Å². The minimum atomic E-state index is -4.52. The van der Waals surface area contributed by atoms with Gasteiger partial charge in [0.25, 0.3) is 0 Å². The average molecular weight is 572 g/mol. The van der Waals surface area contributed by atoms with E-state index in [1.165, 1.54) is 23.5 Å². The number of thiazole rings is 1. The van der Waals surface area contributed by atoms with Crippen LogP contribution < -0.4 is 0 Å². The summed E-state index contributed by atoms with van der Waals surface area (Å²) in [6.07, 6.45) is 3.87. The van der Waals surface area contributed by atoms with Crippen molar-refractivity contribution in [2.24, 2.45) is 11.8 Å². The molecule has 1 atom stereocenters. The maximum Gasteiger partial charge on any atom is 0.416 e. The van der Waals surface area contributed by atoms with Crippen LogP contribution in [0.4, 0.5) is 13.2 Å². The molecule has 1 aliphatic carbocycles. The smallest absolute Gasteiger partial charge is 0.383 e. The van der Waals surface area contributed by atoms with E-state index in [4.69, 9.17) is 0 Å². The van der Waals surface area contributed by atoms with Crippen molar-refractivity contribution in [1.82, 2.24) is 14.9 Å². The molecule has 1 saturated heterocycles. The van der Waals surface area contributed by atoms with Crippen molar-refractivity contribution in [2.45, 2.75) is 63.1 Å².